The molecule has 1 aliphatic rings. The molecule has 6 heteroatoms. The van der Waals surface area contributed by atoms with Crippen LogP contribution in [0.15, 0.2) is 51.8 Å². The van der Waals surface area contributed by atoms with Crippen LogP contribution in [0.3, 0.4) is 0 Å². The molecule has 2 aromatic rings. The van der Waals surface area contributed by atoms with Crippen molar-refractivity contribution in [3.05, 3.63) is 52.5 Å². The van der Waals surface area contributed by atoms with E-state index < -0.39 is 10.0 Å². The van der Waals surface area contributed by atoms with E-state index in [-0.39, 0.29) is 10.9 Å². The number of methoxy groups -OCH3 is 1. The Balaban J connectivity index is 2.17. The van der Waals surface area contributed by atoms with Crippen LogP contribution in [-0.4, -0.2) is 21.6 Å². The quantitative estimate of drug-likeness (QED) is 0.815. The van der Waals surface area contributed by atoms with E-state index in [9.17, 15) is 8.42 Å². The standard InChI is InChI=1S/C16H16BrNO3S/c1-11-9-12-5-3-4-6-14(12)18(11)22(19,20)16-10-13(17)7-8-15(16)21-2/h3-8,10-11H,9H2,1-2H3. The Bertz CT molecular complexity index is 820. The SMILES string of the molecule is COc1ccc(Br)cc1S(=O)(=O)N1c2ccccc2CC1C. The molecule has 1 atom stereocenters. The summed E-state index contributed by atoms with van der Waals surface area (Å²) in [5.74, 6) is 0.347. The van der Waals surface area contributed by atoms with E-state index in [4.69, 9.17) is 4.74 Å². The molecular weight excluding hydrogens is 366 g/mol. The van der Waals surface area contributed by atoms with Crippen molar-refractivity contribution in [2.75, 3.05) is 11.4 Å². The molecule has 2 aromatic carbocycles. The first kappa shape index (κ1) is 15.4. The van der Waals surface area contributed by atoms with Gasteiger partial charge < -0.3 is 4.74 Å². The number of anilines is 1. The maximum atomic E-state index is 13.2. The zero-order chi connectivity index (χ0) is 15.9. The van der Waals surface area contributed by atoms with Crippen LogP contribution >= 0.6 is 15.9 Å². The predicted molar refractivity (Wildman–Crippen MR) is 90.0 cm³/mol. The summed E-state index contributed by atoms with van der Waals surface area (Å²) in [4.78, 5) is 0.174. The summed E-state index contributed by atoms with van der Waals surface area (Å²) in [6.07, 6.45) is 0.714. The molecule has 116 valence electrons. The van der Waals surface area contributed by atoms with Crippen molar-refractivity contribution in [3.8, 4) is 5.75 Å². The van der Waals surface area contributed by atoms with Gasteiger partial charge in [0.2, 0.25) is 0 Å². The third-order valence-electron chi connectivity index (χ3n) is 3.81. The average molecular weight is 382 g/mol. The first-order valence-electron chi connectivity index (χ1n) is 6.91. The van der Waals surface area contributed by atoms with Gasteiger partial charge in [0, 0.05) is 10.5 Å². The second kappa shape index (κ2) is 5.59. The molecule has 22 heavy (non-hydrogen) atoms. The van der Waals surface area contributed by atoms with Crippen LogP contribution in [0.4, 0.5) is 5.69 Å². The summed E-state index contributed by atoms with van der Waals surface area (Å²) in [5.41, 5.74) is 1.80. The largest absolute Gasteiger partial charge is 0.495 e. The highest BCUT2D eigenvalue weighted by atomic mass is 79.9. The molecule has 0 radical (unpaired) electrons. The minimum atomic E-state index is -3.69. The van der Waals surface area contributed by atoms with Gasteiger partial charge in [-0.3, -0.25) is 4.31 Å². The first-order chi connectivity index (χ1) is 10.4. The third kappa shape index (κ3) is 2.40. The lowest BCUT2D eigenvalue weighted by Gasteiger charge is -2.25. The number of para-hydroxylation sites is 1. The van der Waals surface area contributed by atoms with Gasteiger partial charge in [-0.1, -0.05) is 34.1 Å². The molecule has 1 unspecified atom stereocenters. The second-order valence-corrected chi connectivity index (χ2v) is 7.98. The Kier molecular flexibility index (Phi) is 3.91. The maximum Gasteiger partial charge on any atom is 0.268 e. The molecule has 0 N–H and O–H groups in total. The molecule has 1 aliphatic heterocycles. The monoisotopic (exact) mass is 381 g/mol. The van der Waals surface area contributed by atoms with Crippen LogP contribution in [0, 0.1) is 0 Å². The number of ether oxygens (including phenoxy) is 1. The zero-order valence-corrected chi connectivity index (χ0v) is 14.7. The normalized spacial score (nSPS) is 17.4. The number of rotatable bonds is 3. The third-order valence-corrected chi connectivity index (χ3v) is 6.25. The van der Waals surface area contributed by atoms with Crippen molar-refractivity contribution in [2.45, 2.75) is 24.3 Å². The highest BCUT2D eigenvalue weighted by Crippen LogP contribution is 2.39. The smallest absolute Gasteiger partial charge is 0.268 e. The maximum absolute atomic E-state index is 13.2. The number of halogens is 1. The van der Waals surface area contributed by atoms with E-state index >= 15 is 0 Å². The predicted octanol–water partition coefficient (Wildman–Crippen LogP) is 3.60. The van der Waals surface area contributed by atoms with Crippen LogP contribution in [0.25, 0.3) is 0 Å². The van der Waals surface area contributed by atoms with Crippen LogP contribution in [0.2, 0.25) is 0 Å². The van der Waals surface area contributed by atoms with Crippen molar-refractivity contribution in [1.82, 2.24) is 0 Å². The lowest BCUT2D eigenvalue weighted by atomic mass is 10.1. The number of fused-ring (bicyclic) bond motifs is 1. The number of benzene rings is 2. The highest BCUT2D eigenvalue weighted by Gasteiger charge is 2.37. The number of hydrogen-bond donors (Lipinski definition) is 0. The van der Waals surface area contributed by atoms with E-state index in [2.05, 4.69) is 15.9 Å². The second-order valence-electron chi connectivity index (χ2n) is 5.28. The van der Waals surface area contributed by atoms with Gasteiger partial charge >= 0.3 is 0 Å². The van der Waals surface area contributed by atoms with Crippen molar-refractivity contribution in [1.29, 1.82) is 0 Å². The first-order valence-corrected chi connectivity index (χ1v) is 9.14. The van der Waals surface area contributed by atoms with Crippen LogP contribution in [0.5, 0.6) is 5.75 Å². The highest BCUT2D eigenvalue weighted by molar-refractivity contribution is 9.10. The number of hydrogen-bond acceptors (Lipinski definition) is 3. The van der Waals surface area contributed by atoms with E-state index in [0.29, 0.717) is 16.6 Å². The average Bonchev–Trinajstić information content (AvgIpc) is 2.83. The number of sulfonamides is 1. The van der Waals surface area contributed by atoms with Crippen LogP contribution in [-0.2, 0) is 16.4 Å². The molecule has 0 amide bonds. The Morgan fingerprint density at radius 3 is 2.68 bits per heavy atom. The molecule has 0 saturated carbocycles. The van der Waals surface area contributed by atoms with E-state index in [1.54, 1.807) is 18.2 Å². The van der Waals surface area contributed by atoms with Gasteiger partial charge in [0.05, 0.1) is 12.8 Å². The molecular formula is C16H16BrNO3S. The van der Waals surface area contributed by atoms with Gasteiger partial charge in [0.15, 0.2) is 0 Å². The van der Waals surface area contributed by atoms with Crippen molar-refractivity contribution in [3.63, 3.8) is 0 Å². The Labute approximate surface area is 138 Å². The van der Waals surface area contributed by atoms with E-state index in [0.717, 1.165) is 11.3 Å². The topological polar surface area (TPSA) is 46.6 Å². The summed E-state index contributed by atoms with van der Waals surface area (Å²) in [6, 6.07) is 12.5. The van der Waals surface area contributed by atoms with Gasteiger partial charge in [-0.2, -0.15) is 0 Å². The summed E-state index contributed by atoms with van der Waals surface area (Å²) in [7, 11) is -2.21. The van der Waals surface area contributed by atoms with E-state index in [1.807, 2.05) is 31.2 Å². The van der Waals surface area contributed by atoms with Crippen molar-refractivity contribution < 1.29 is 13.2 Å². The molecule has 3 rings (SSSR count). The molecule has 0 aliphatic carbocycles. The van der Waals surface area contributed by atoms with Gasteiger partial charge in [-0.05, 0) is 43.2 Å². The van der Waals surface area contributed by atoms with E-state index in [1.165, 1.54) is 11.4 Å². The van der Waals surface area contributed by atoms with Crippen molar-refractivity contribution in [2.24, 2.45) is 0 Å². The summed E-state index contributed by atoms with van der Waals surface area (Å²) in [5, 5.41) is 0. The van der Waals surface area contributed by atoms with Gasteiger partial charge in [0.1, 0.15) is 10.6 Å². The van der Waals surface area contributed by atoms with Gasteiger partial charge in [-0.15, -0.1) is 0 Å². The van der Waals surface area contributed by atoms with Crippen LogP contribution in [0.1, 0.15) is 12.5 Å². The molecule has 4 nitrogen and oxygen atoms in total. The molecule has 0 bridgehead atoms. The lowest BCUT2D eigenvalue weighted by molar-refractivity contribution is 0.402. The van der Waals surface area contributed by atoms with Crippen molar-refractivity contribution >= 4 is 31.6 Å². The molecule has 0 fully saturated rings. The van der Waals surface area contributed by atoms with Gasteiger partial charge in [0.25, 0.3) is 10.0 Å². The Hall–Kier alpha value is -1.53. The fourth-order valence-electron chi connectivity index (χ4n) is 2.86. The number of nitrogens with zero attached hydrogens (tertiary/aromatic N) is 1. The fraction of sp³-hybridized carbons (Fsp3) is 0.250. The molecule has 0 spiro atoms. The zero-order valence-electron chi connectivity index (χ0n) is 12.3. The van der Waals surface area contributed by atoms with Gasteiger partial charge in [-0.25, -0.2) is 8.42 Å². The molecule has 1 heterocycles. The Morgan fingerprint density at radius 1 is 1.23 bits per heavy atom. The molecule has 0 saturated heterocycles. The fourth-order valence-corrected chi connectivity index (χ4v) is 5.25. The Morgan fingerprint density at radius 2 is 1.95 bits per heavy atom. The minimum Gasteiger partial charge on any atom is -0.495 e. The summed E-state index contributed by atoms with van der Waals surface area (Å²) >= 11 is 3.33. The van der Waals surface area contributed by atoms with Crippen LogP contribution < -0.4 is 9.04 Å². The summed E-state index contributed by atoms with van der Waals surface area (Å²) in [6.45, 7) is 1.92. The lowest BCUT2D eigenvalue weighted by Crippen LogP contribution is -2.35. The summed E-state index contributed by atoms with van der Waals surface area (Å²) < 4.78 is 33.8. The minimum absolute atomic E-state index is 0.119. The molecule has 0 aromatic heterocycles.